The van der Waals surface area contributed by atoms with E-state index in [1.807, 2.05) is 97.1 Å². The van der Waals surface area contributed by atoms with Crippen molar-refractivity contribution < 1.29 is 26.3 Å². The van der Waals surface area contributed by atoms with Gasteiger partial charge < -0.3 is 0 Å². The number of alkyl halides is 6. The van der Waals surface area contributed by atoms with Crippen LogP contribution in [0.5, 0.6) is 0 Å². The van der Waals surface area contributed by atoms with E-state index in [1.165, 1.54) is 24.3 Å². The first-order valence-corrected chi connectivity index (χ1v) is 21.3. The van der Waals surface area contributed by atoms with Crippen LogP contribution in [0.4, 0.5) is 83.2 Å². The number of aliphatic imine (C=N–C) groups is 2. The van der Waals surface area contributed by atoms with Crippen LogP contribution in [0.25, 0.3) is 21.5 Å². The van der Waals surface area contributed by atoms with Gasteiger partial charge in [0.05, 0.1) is 68.0 Å². The maximum Gasteiger partial charge on any atom is 0.416 e. The Hall–Kier alpha value is -9.18. The summed E-state index contributed by atoms with van der Waals surface area (Å²) in [5, 5.41) is 37.6. The fourth-order valence-corrected chi connectivity index (χ4v) is 6.95. The molecule has 0 radical (unpaired) electrons. The second-order valence-electron chi connectivity index (χ2n) is 15.4. The molecule has 0 unspecified atom stereocenters. The molecule has 0 N–H and O–H groups in total. The molecule has 0 bridgehead atoms. The van der Waals surface area contributed by atoms with E-state index in [0.29, 0.717) is 45.5 Å². The van der Waals surface area contributed by atoms with Crippen LogP contribution < -0.4 is 0 Å². The average molecular weight is 937 g/mol. The second kappa shape index (κ2) is 20.4. The van der Waals surface area contributed by atoms with Gasteiger partial charge in [0.1, 0.15) is 0 Å². The highest BCUT2D eigenvalue weighted by molar-refractivity contribution is 6.02. The third kappa shape index (κ3) is 11.5. The molecule has 0 saturated heterocycles. The van der Waals surface area contributed by atoms with Gasteiger partial charge in [-0.05, 0) is 132 Å². The van der Waals surface area contributed by atoms with Crippen LogP contribution in [0, 0.1) is 0 Å². The SMILES string of the molecule is FC(F)(F)c1ccc(N=Nc2ccc(N=Nc3ccc(N=Cc4ccc(C=Nc5ccc(N=Nc6ccc(N=Nc7ccc(C(F)(F)F)cc7)cc6)c6ccccc56)cc4)c4ccccc34)cc2)cc1. The molecule has 0 amide bonds. The van der Waals surface area contributed by atoms with Crippen molar-refractivity contribution >= 4 is 90.8 Å². The first-order valence-electron chi connectivity index (χ1n) is 21.3. The molecule has 0 heterocycles. The van der Waals surface area contributed by atoms with Gasteiger partial charge in [-0.2, -0.15) is 57.0 Å². The maximum atomic E-state index is 12.9. The predicted octanol–water partition coefficient (Wildman–Crippen LogP) is 19.2. The van der Waals surface area contributed by atoms with Crippen LogP contribution in [0.3, 0.4) is 0 Å². The number of halogens is 6. The maximum absolute atomic E-state index is 12.9. The summed E-state index contributed by atoms with van der Waals surface area (Å²) in [6, 6.07) is 53.5. The molecule has 9 aromatic rings. The molecular weight excluding hydrogens is 903 g/mol. The van der Waals surface area contributed by atoms with E-state index in [2.05, 4.69) is 40.9 Å². The normalized spacial score (nSPS) is 12.7. The Morgan fingerprint density at radius 3 is 0.786 bits per heavy atom. The van der Waals surface area contributed by atoms with Gasteiger partial charge in [0.2, 0.25) is 0 Å². The Labute approximate surface area is 395 Å². The number of benzene rings is 9. The van der Waals surface area contributed by atoms with Crippen molar-refractivity contribution in [2.45, 2.75) is 12.4 Å². The number of nitrogens with zero attached hydrogens (tertiary/aromatic N) is 10. The van der Waals surface area contributed by atoms with Crippen molar-refractivity contribution in [3.63, 3.8) is 0 Å². The van der Waals surface area contributed by atoms with Gasteiger partial charge in [0.15, 0.2) is 0 Å². The molecule has 0 fully saturated rings. The lowest BCUT2D eigenvalue weighted by molar-refractivity contribution is -0.138. The highest BCUT2D eigenvalue weighted by Crippen LogP contribution is 2.37. The third-order valence-electron chi connectivity index (χ3n) is 10.6. The van der Waals surface area contributed by atoms with Crippen LogP contribution in [-0.4, -0.2) is 12.4 Å². The Bertz CT molecular complexity index is 3240. The van der Waals surface area contributed by atoms with Crippen LogP contribution in [0.15, 0.2) is 245 Å². The summed E-state index contributed by atoms with van der Waals surface area (Å²) in [7, 11) is 0. The van der Waals surface area contributed by atoms with E-state index >= 15 is 0 Å². The van der Waals surface area contributed by atoms with Crippen molar-refractivity contribution in [1.82, 2.24) is 0 Å². The molecule has 0 aliphatic rings. The number of hydrogen-bond donors (Lipinski definition) is 0. The topological polar surface area (TPSA) is 124 Å². The monoisotopic (exact) mass is 936 g/mol. The van der Waals surface area contributed by atoms with Crippen molar-refractivity contribution in [2.75, 3.05) is 0 Å². The highest BCUT2D eigenvalue weighted by Gasteiger charge is 2.30. The van der Waals surface area contributed by atoms with Gasteiger partial charge in [0.25, 0.3) is 0 Å². The first kappa shape index (κ1) is 46.0. The van der Waals surface area contributed by atoms with Gasteiger partial charge in [-0.15, -0.1) is 10.2 Å². The predicted molar refractivity (Wildman–Crippen MR) is 261 cm³/mol. The Morgan fingerprint density at radius 1 is 0.257 bits per heavy atom. The van der Waals surface area contributed by atoms with Crippen molar-refractivity contribution in [1.29, 1.82) is 0 Å². The van der Waals surface area contributed by atoms with Gasteiger partial charge in [-0.25, -0.2) is 0 Å². The molecule has 0 aromatic heterocycles. The molecule has 0 saturated carbocycles. The molecule has 342 valence electrons. The van der Waals surface area contributed by atoms with Gasteiger partial charge >= 0.3 is 12.4 Å². The van der Waals surface area contributed by atoms with Crippen LogP contribution in [0.1, 0.15) is 22.3 Å². The lowest BCUT2D eigenvalue weighted by Gasteiger charge is -2.05. The largest absolute Gasteiger partial charge is 0.416 e. The molecule has 10 nitrogen and oxygen atoms in total. The van der Waals surface area contributed by atoms with E-state index in [4.69, 9.17) is 9.98 Å². The first-order chi connectivity index (χ1) is 33.9. The van der Waals surface area contributed by atoms with Crippen molar-refractivity contribution in [2.24, 2.45) is 50.9 Å². The Morgan fingerprint density at radius 2 is 0.500 bits per heavy atom. The number of azo groups is 4. The van der Waals surface area contributed by atoms with Crippen LogP contribution in [-0.2, 0) is 12.4 Å². The zero-order chi connectivity index (χ0) is 48.5. The molecule has 0 spiro atoms. The quantitative estimate of drug-likeness (QED) is 0.0658. The van der Waals surface area contributed by atoms with E-state index in [0.717, 1.165) is 68.3 Å². The molecule has 70 heavy (non-hydrogen) atoms. The standard InChI is InChI=1S/C54H34F6N10/c55-53(56,57)37-13-17-39(18-14-37)63-65-41-21-25-43(26-22-41)67-69-51-31-29-49(45-5-1-3-7-47(45)51)61-33-35-9-11-36(12-10-35)34-62-50-30-32-52(48-8-4-2-6-46(48)50)70-68-44-27-23-42(24-28-44)66-64-40-19-15-38(16-20-40)54(58,59)60/h1-34H. The summed E-state index contributed by atoms with van der Waals surface area (Å²) in [5.41, 5.74) is 5.87. The van der Waals surface area contributed by atoms with E-state index in [9.17, 15) is 26.3 Å². The highest BCUT2D eigenvalue weighted by atomic mass is 19.4. The minimum atomic E-state index is -4.42. The van der Waals surface area contributed by atoms with Crippen molar-refractivity contribution in [3.8, 4) is 0 Å². The Balaban J connectivity index is 0.821. The zero-order valence-corrected chi connectivity index (χ0v) is 36.4. The minimum Gasteiger partial charge on any atom is -0.256 e. The molecule has 0 atom stereocenters. The molecule has 16 heteroatoms. The average Bonchev–Trinajstić information content (AvgIpc) is 3.38. The fraction of sp³-hybridized carbons (Fsp3) is 0.0370. The second-order valence-corrected chi connectivity index (χ2v) is 15.4. The Kier molecular flexibility index (Phi) is 13.4. The van der Waals surface area contributed by atoms with E-state index in [-0.39, 0.29) is 0 Å². The van der Waals surface area contributed by atoms with Crippen LogP contribution >= 0.6 is 0 Å². The lowest BCUT2D eigenvalue weighted by atomic mass is 10.1. The molecule has 9 aromatic carbocycles. The van der Waals surface area contributed by atoms with Gasteiger partial charge in [-0.1, -0.05) is 72.8 Å². The van der Waals surface area contributed by atoms with Crippen molar-refractivity contribution in [3.05, 3.63) is 216 Å². The number of fused-ring (bicyclic) bond motifs is 2. The molecule has 0 aliphatic heterocycles. The fourth-order valence-electron chi connectivity index (χ4n) is 6.95. The lowest BCUT2D eigenvalue weighted by Crippen LogP contribution is -2.03. The molecule has 0 aliphatic carbocycles. The van der Waals surface area contributed by atoms with Gasteiger partial charge in [0, 0.05) is 34.0 Å². The van der Waals surface area contributed by atoms with Gasteiger partial charge in [-0.3, -0.25) is 9.98 Å². The summed E-state index contributed by atoms with van der Waals surface area (Å²) in [6.07, 6.45) is -5.24. The molecule has 9 rings (SSSR count). The summed E-state index contributed by atoms with van der Waals surface area (Å²) in [6.45, 7) is 0. The zero-order valence-electron chi connectivity index (χ0n) is 36.4. The third-order valence-corrected chi connectivity index (χ3v) is 10.6. The minimum absolute atomic E-state index is 0.297. The summed E-state index contributed by atoms with van der Waals surface area (Å²) >= 11 is 0. The molecular formula is C54H34F6N10. The van der Waals surface area contributed by atoms with Crippen LogP contribution in [0.2, 0.25) is 0 Å². The number of hydrogen-bond acceptors (Lipinski definition) is 10. The number of rotatable bonds is 12. The summed E-state index contributed by atoms with van der Waals surface area (Å²) in [4.78, 5) is 9.61. The van der Waals surface area contributed by atoms with E-state index < -0.39 is 23.5 Å². The summed E-state index contributed by atoms with van der Waals surface area (Å²) < 4.78 is 77.1. The summed E-state index contributed by atoms with van der Waals surface area (Å²) in [5.74, 6) is 0. The smallest absolute Gasteiger partial charge is 0.256 e. The van der Waals surface area contributed by atoms with E-state index in [1.54, 1.807) is 61.0 Å².